The minimum Gasteiger partial charge on any atom is -0.508 e. The van der Waals surface area contributed by atoms with Crippen LogP contribution in [0.1, 0.15) is 26.3 Å². The Kier molecular flexibility index (Phi) is 4.97. The molecule has 0 spiro atoms. The highest BCUT2D eigenvalue weighted by atomic mass is 16.3. The number of phenols is 1. The number of phenolic OH excluding ortho intramolecular Hbond substituents is 1. The molecule has 3 N–H and O–H groups in total. The van der Waals surface area contributed by atoms with E-state index in [0.29, 0.717) is 12.3 Å². The second kappa shape index (κ2) is 6.03. The molecule has 1 aromatic rings. The van der Waals surface area contributed by atoms with Gasteiger partial charge in [0.05, 0.1) is 0 Å². The Morgan fingerprint density at radius 3 is 2.29 bits per heavy atom. The van der Waals surface area contributed by atoms with Crippen molar-refractivity contribution in [2.24, 2.45) is 11.1 Å². The molecular formula is C14H24N2O. The lowest BCUT2D eigenvalue weighted by atomic mass is 9.93. The first-order chi connectivity index (χ1) is 7.96. The maximum Gasteiger partial charge on any atom is 0.115 e. The quantitative estimate of drug-likeness (QED) is 0.796. The van der Waals surface area contributed by atoms with Crippen LogP contribution in [-0.4, -0.2) is 29.6 Å². The molecule has 0 amide bonds. The summed E-state index contributed by atoms with van der Waals surface area (Å²) in [7, 11) is 0. The molecule has 0 saturated carbocycles. The van der Waals surface area contributed by atoms with Gasteiger partial charge in [-0.05, 0) is 36.2 Å². The normalized spacial score (nSPS) is 12.1. The predicted octanol–water partition coefficient (Wildman–Crippen LogP) is 2.20. The third-order valence-corrected chi connectivity index (χ3v) is 2.99. The lowest BCUT2D eigenvalue weighted by Gasteiger charge is -2.31. The van der Waals surface area contributed by atoms with Gasteiger partial charge in [-0.25, -0.2) is 0 Å². The van der Waals surface area contributed by atoms with Crippen LogP contribution in [0.4, 0.5) is 0 Å². The summed E-state index contributed by atoms with van der Waals surface area (Å²) in [6.07, 6.45) is 0. The average Bonchev–Trinajstić information content (AvgIpc) is 2.31. The van der Waals surface area contributed by atoms with E-state index >= 15 is 0 Å². The fourth-order valence-corrected chi connectivity index (χ4v) is 1.81. The van der Waals surface area contributed by atoms with Gasteiger partial charge in [0.1, 0.15) is 5.75 Å². The minimum atomic E-state index is 0.146. The maximum absolute atomic E-state index is 9.24. The van der Waals surface area contributed by atoms with Gasteiger partial charge in [-0.15, -0.1) is 0 Å². The third kappa shape index (κ3) is 4.75. The van der Waals surface area contributed by atoms with Crippen LogP contribution in [0.25, 0.3) is 0 Å². The predicted molar refractivity (Wildman–Crippen MR) is 71.9 cm³/mol. The van der Waals surface area contributed by atoms with Gasteiger partial charge in [-0.3, -0.25) is 4.90 Å². The van der Waals surface area contributed by atoms with Crippen LogP contribution in [0.3, 0.4) is 0 Å². The Labute approximate surface area is 104 Å². The number of nitrogens with zero attached hydrogens (tertiary/aromatic N) is 1. The monoisotopic (exact) mass is 236 g/mol. The van der Waals surface area contributed by atoms with E-state index in [1.54, 1.807) is 12.1 Å². The third-order valence-electron chi connectivity index (χ3n) is 2.99. The Hall–Kier alpha value is -1.06. The summed E-state index contributed by atoms with van der Waals surface area (Å²) in [5, 5.41) is 9.24. The first-order valence-electron chi connectivity index (χ1n) is 6.17. The molecule has 0 aliphatic carbocycles. The van der Waals surface area contributed by atoms with Crippen LogP contribution in [0.2, 0.25) is 0 Å². The molecule has 1 aromatic carbocycles. The molecular weight excluding hydrogens is 212 g/mol. The van der Waals surface area contributed by atoms with Crippen molar-refractivity contribution in [2.75, 3.05) is 19.6 Å². The zero-order valence-electron chi connectivity index (χ0n) is 11.1. The van der Waals surface area contributed by atoms with Crippen molar-refractivity contribution in [3.63, 3.8) is 0 Å². The van der Waals surface area contributed by atoms with Gasteiger partial charge in [0.25, 0.3) is 0 Å². The number of hydrogen-bond acceptors (Lipinski definition) is 3. The van der Waals surface area contributed by atoms with Crippen molar-refractivity contribution in [3.05, 3.63) is 29.8 Å². The first-order valence-corrected chi connectivity index (χ1v) is 6.17. The molecule has 0 radical (unpaired) electrons. The zero-order valence-corrected chi connectivity index (χ0v) is 11.1. The smallest absolute Gasteiger partial charge is 0.115 e. The Bertz CT molecular complexity index is 333. The minimum absolute atomic E-state index is 0.146. The van der Waals surface area contributed by atoms with E-state index in [1.165, 1.54) is 5.56 Å². The van der Waals surface area contributed by atoms with Crippen molar-refractivity contribution in [3.8, 4) is 5.75 Å². The largest absolute Gasteiger partial charge is 0.508 e. The van der Waals surface area contributed by atoms with Crippen molar-refractivity contribution >= 4 is 0 Å². The molecule has 0 heterocycles. The van der Waals surface area contributed by atoms with Crippen LogP contribution in [0.5, 0.6) is 5.75 Å². The second-order valence-corrected chi connectivity index (χ2v) is 5.34. The Balaban J connectivity index is 2.61. The Morgan fingerprint density at radius 1 is 1.24 bits per heavy atom. The van der Waals surface area contributed by atoms with Gasteiger partial charge < -0.3 is 10.8 Å². The van der Waals surface area contributed by atoms with Crippen LogP contribution >= 0.6 is 0 Å². The second-order valence-electron chi connectivity index (χ2n) is 5.34. The molecule has 0 fully saturated rings. The Morgan fingerprint density at radius 2 is 1.82 bits per heavy atom. The van der Waals surface area contributed by atoms with Gasteiger partial charge in [-0.1, -0.05) is 32.9 Å². The van der Waals surface area contributed by atoms with Crippen molar-refractivity contribution in [2.45, 2.75) is 27.3 Å². The summed E-state index contributed by atoms with van der Waals surface area (Å²) >= 11 is 0. The number of nitrogens with two attached hydrogens (primary N) is 1. The zero-order chi connectivity index (χ0) is 12.9. The number of benzene rings is 1. The lowest BCUT2D eigenvalue weighted by molar-refractivity contribution is 0.183. The van der Waals surface area contributed by atoms with E-state index in [9.17, 15) is 5.11 Å². The average molecular weight is 236 g/mol. The summed E-state index contributed by atoms with van der Waals surface area (Å²) in [6, 6.07) is 7.40. The first kappa shape index (κ1) is 14.0. The molecule has 17 heavy (non-hydrogen) atoms. The van der Waals surface area contributed by atoms with E-state index in [4.69, 9.17) is 5.73 Å². The molecule has 0 aliphatic rings. The summed E-state index contributed by atoms with van der Waals surface area (Å²) in [5.74, 6) is 0.319. The van der Waals surface area contributed by atoms with Crippen LogP contribution in [0, 0.1) is 5.41 Å². The van der Waals surface area contributed by atoms with Crippen LogP contribution in [0.15, 0.2) is 24.3 Å². The summed E-state index contributed by atoms with van der Waals surface area (Å²) < 4.78 is 0. The molecule has 3 nitrogen and oxygen atoms in total. The van der Waals surface area contributed by atoms with E-state index in [2.05, 4.69) is 25.7 Å². The van der Waals surface area contributed by atoms with Gasteiger partial charge in [-0.2, -0.15) is 0 Å². The molecule has 0 aromatic heterocycles. The fraction of sp³-hybridized carbons (Fsp3) is 0.571. The fourth-order valence-electron chi connectivity index (χ4n) is 1.81. The molecule has 0 atom stereocenters. The topological polar surface area (TPSA) is 49.5 Å². The van der Waals surface area contributed by atoms with Crippen LogP contribution in [-0.2, 0) is 6.54 Å². The van der Waals surface area contributed by atoms with E-state index in [-0.39, 0.29) is 5.41 Å². The lowest BCUT2D eigenvalue weighted by Crippen LogP contribution is -2.38. The van der Waals surface area contributed by atoms with Gasteiger partial charge >= 0.3 is 0 Å². The summed E-state index contributed by atoms with van der Waals surface area (Å²) in [6.45, 7) is 10.1. The highest BCUT2D eigenvalue weighted by molar-refractivity contribution is 5.25. The molecule has 1 rings (SSSR count). The summed E-state index contributed by atoms with van der Waals surface area (Å²) in [5.41, 5.74) is 7.13. The van der Waals surface area contributed by atoms with Crippen molar-refractivity contribution in [1.29, 1.82) is 0 Å². The molecule has 0 aliphatic heterocycles. The van der Waals surface area contributed by atoms with Gasteiger partial charge in [0.2, 0.25) is 0 Å². The van der Waals surface area contributed by atoms with E-state index in [0.717, 1.165) is 19.6 Å². The number of rotatable bonds is 6. The SMILES string of the molecule is CCN(Cc1ccc(O)cc1)CC(C)(C)CN. The number of aromatic hydroxyl groups is 1. The van der Waals surface area contributed by atoms with Gasteiger partial charge in [0, 0.05) is 13.1 Å². The highest BCUT2D eigenvalue weighted by Gasteiger charge is 2.19. The maximum atomic E-state index is 9.24. The molecule has 0 unspecified atom stereocenters. The molecule has 0 bridgehead atoms. The standard InChI is InChI=1S/C14H24N2O/c1-4-16(11-14(2,3)10-15)9-12-5-7-13(17)8-6-12/h5-8,17H,4,9-11,15H2,1-3H3. The van der Waals surface area contributed by atoms with Gasteiger partial charge in [0.15, 0.2) is 0 Å². The van der Waals surface area contributed by atoms with Crippen LogP contribution < -0.4 is 5.73 Å². The molecule has 96 valence electrons. The highest BCUT2D eigenvalue weighted by Crippen LogP contribution is 2.17. The molecule has 3 heteroatoms. The molecule has 0 saturated heterocycles. The van der Waals surface area contributed by atoms with Crippen molar-refractivity contribution in [1.82, 2.24) is 4.90 Å². The van der Waals surface area contributed by atoms with Crippen molar-refractivity contribution < 1.29 is 5.11 Å². The van der Waals surface area contributed by atoms with E-state index < -0.39 is 0 Å². The number of hydrogen-bond donors (Lipinski definition) is 2. The summed E-state index contributed by atoms with van der Waals surface area (Å²) in [4.78, 5) is 2.37. The van der Waals surface area contributed by atoms with E-state index in [1.807, 2.05) is 12.1 Å².